The lowest BCUT2D eigenvalue weighted by molar-refractivity contribution is 0.0491. The third-order valence-electron chi connectivity index (χ3n) is 1.45. The first kappa shape index (κ1) is 9.54. The molecule has 0 saturated carbocycles. The molecule has 70 valence electrons. The Bertz CT molecular complexity index is 296. The van der Waals surface area contributed by atoms with Crippen molar-refractivity contribution in [2.75, 3.05) is 13.9 Å². The molecular weight excluding hydrogens is 172 g/mol. The van der Waals surface area contributed by atoms with Gasteiger partial charge >= 0.3 is 0 Å². The van der Waals surface area contributed by atoms with Crippen molar-refractivity contribution in [3.05, 3.63) is 23.8 Å². The molecule has 0 aliphatic heterocycles. The lowest BCUT2D eigenvalue weighted by Crippen LogP contribution is -1.99. The van der Waals surface area contributed by atoms with Gasteiger partial charge in [-0.15, -0.1) is 0 Å². The Morgan fingerprint density at radius 3 is 2.92 bits per heavy atom. The van der Waals surface area contributed by atoms with Crippen molar-refractivity contribution in [3.8, 4) is 11.5 Å². The molecule has 0 heterocycles. The number of benzene rings is 1. The molecule has 0 aliphatic carbocycles. The summed E-state index contributed by atoms with van der Waals surface area (Å²) in [7, 11) is 1.47. The summed E-state index contributed by atoms with van der Waals surface area (Å²) < 4.78 is 9.65. The molecule has 0 aromatic heterocycles. The molecule has 0 radical (unpaired) electrons. The largest absolute Gasteiger partial charge is 0.504 e. The summed E-state index contributed by atoms with van der Waals surface area (Å²) in [6.07, 6.45) is 0.680. The zero-order valence-corrected chi connectivity index (χ0v) is 7.19. The molecule has 1 aromatic rings. The highest BCUT2D eigenvalue weighted by atomic mass is 16.7. The fourth-order valence-corrected chi connectivity index (χ4v) is 0.842. The van der Waals surface area contributed by atoms with Crippen LogP contribution in [0.3, 0.4) is 0 Å². The lowest BCUT2D eigenvalue weighted by Gasteiger charge is -2.06. The number of rotatable bonds is 4. The highest BCUT2D eigenvalue weighted by molar-refractivity contribution is 5.76. The van der Waals surface area contributed by atoms with Gasteiger partial charge in [-0.25, -0.2) is 0 Å². The predicted octanol–water partition coefficient (Wildman–Crippen LogP) is 1.19. The van der Waals surface area contributed by atoms with Crippen LogP contribution < -0.4 is 4.74 Å². The lowest BCUT2D eigenvalue weighted by atomic mass is 10.2. The first-order valence-corrected chi connectivity index (χ1v) is 3.68. The molecule has 0 unspecified atom stereocenters. The fraction of sp³-hybridized carbons (Fsp3) is 0.222. The van der Waals surface area contributed by atoms with E-state index in [1.165, 1.54) is 25.3 Å². The molecule has 0 atom stereocenters. The van der Waals surface area contributed by atoms with Gasteiger partial charge in [-0.3, -0.25) is 4.79 Å². The van der Waals surface area contributed by atoms with E-state index < -0.39 is 0 Å². The van der Waals surface area contributed by atoms with Gasteiger partial charge in [-0.05, 0) is 18.2 Å². The van der Waals surface area contributed by atoms with Crippen molar-refractivity contribution < 1.29 is 19.4 Å². The van der Waals surface area contributed by atoms with Crippen molar-refractivity contribution in [1.29, 1.82) is 0 Å². The Morgan fingerprint density at radius 2 is 2.31 bits per heavy atom. The van der Waals surface area contributed by atoms with E-state index in [1.54, 1.807) is 0 Å². The summed E-state index contributed by atoms with van der Waals surface area (Å²) in [4.78, 5) is 10.4. The Hall–Kier alpha value is -1.55. The van der Waals surface area contributed by atoms with E-state index in [1.807, 2.05) is 0 Å². The summed E-state index contributed by atoms with van der Waals surface area (Å²) in [6.45, 7) is 0.0376. The van der Waals surface area contributed by atoms with E-state index in [0.717, 1.165) is 0 Å². The first-order chi connectivity index (χ1) is 6.27. The number of aromatic hydroxyl groups is 1. The van der Waals surface area contributed by atoms with E-state index in [4.69, 9.17) is 4.74 Å². The van der Waals surface area contributed by atoms with Crippen LogP contribution >= 0.6 is 0 Å². The van der Waals surface area contributed by atoms with Crippen LogP contribution in [0.25, 0.3) is 0 Å². The summed E-state index contributed by atoms with van der Waals surface area (Å²) >= 11 is 0. The van der Waals surface area contributed by atoms with E-state index in [0.29, 0.717) is 11.8 Å². The van der Waals surface area contributed by atoms with Crippen LogP contribution in [0.1, 0.15) is 10.4 Å². The van der Waals surface area contributed by atoms with Gasteiger partial charge in [0.25, 0.3) is 0 Å². The van der Waals surface area contributed by atoms with Gasteiger partial charge in [-0.2, -0.15) is 0 Å². The fourth-order valence-electron chi connectivity index (χ4n) is 0.842. The third-order valence-corrected chi connectivity index (χ3v) is 1.45. The van der Waals surface area contributed by atoms with Crippen molar-refractivity contribution in [2.24, 2.45) is 0 Å². The molecule has 1 aromatic carbocycles. The maximum absolute atomic E-state index is 10.4. The molecule has 0 spiro atoms. The summed E-state index contributed by atoms with van der Waals surface area (Å²) in [5.41, 5.74) is 0.448. The van der Waals surface area contributed by atoms with Crippen LogP contribution in [-0.2, 0) is 4.74 Å². The summed E-state index contributed by atoms with van der Waals surface area (Å²) in [5.74, 6) is 0.231. The van der Waals surface area contributed by atoms with Gasteiger partial charge in [0, 0.05) is 12.7 Å². The Kier molecular flexibility index (Phi) is 3.28. The second-order valence-corrected chi connectivity index (χ2v) is 2.40. The normalized spacial score (nSPS) is 9.62. The van der Waals surface area contributed by atoms with Crippen molar-refractivity contribution in [2.45, 2.75) is 0 Å². The number of carbonyl (C=O) groups is 1. The second-order valence-electron chi connectivity index (χ2n) is 2.40. The number of hydrogen-bond donors (Lipinski definition) is 1. The van der Waals surface area contributed by atoms with Crippen LogP contribution in [0.5, 0.6) is 11.5 Å². The Morgan fingerprint density at radius 1 is 1.54 bits per heavy atom. The minimum atomic E-state index is -0.0114. The van der Waals surface area contributed by atoms with Crippen LogP contribution in [0, 0.1) is 0 Å². The molecule has 4 heteroatoms. The number of ether oxygens (including phenoxy) is 2. The monoisotopic (exact) mass is 182 g/mol. The maximum atomic E-state index is 10.4. The minimum absolute atomic E-state index is 0.0114. The molecule has 0 saturated heterocycles. The minimum Gasteiger partial charge on any atom is -0.504 e. The third kappa shape index (κ3) is 2.45. The van der Waals surface area contributed by atoms with E-state index in [-0.39, 0.29) is 18.3 Å². The van der Waals surface area contributed by atoms with Crippen molar-refractivity contribution in [3.63, 3.8) is 0 Å². The van der Waals surface area contributed by atoms with E-state index in [2.05, 4.69) is 4.74 Å². The van der Waals surface area contributed by atoms with Crippen LogP contribution in [0.4, 0.5) is 0 Å². The average Bonchev–Trinajstić information content (AvgIpc) is 2.17. The molecular formula is C9H10O4. The van der Waals surface area contributed by atoms with Crippen LogP contribution in [-0.4, -0.2) is 25.3 Å². The smallest absolute Gasteiger partial charge is 0.188 e. The molecule has 1 N–H and O–H groups in total. The van der Waals surface area contributed by atoms with Gasteiger partial charge in [0.2, 0.25) is 0 Å². The number of hydrogen-bond acceptors (Lipinski definition) is 4. The Balaban J connectivity index is 2.83. The number of methoxy groups -OCH3 is 1. The topological polar surface area (TPSA) is 55.8 Å². The van der Waals surface area contributed by atoms with E-state index >= 15 is 0 Å². The van der Waals surface area contributed by atoms with Gasteiger partial charge in [0.1, 0.15) is 6.29 Å². The molecule has 0 fully saturated rings. The molecule has 1 rings (SSSR count). The Labute approximate surface area is 75.7 Å². The molecule has 0 bridgehead atoms. The van der Waals surface area contributed by atoms with Crippen molar-refractivity contribution >= 4 is 6.29 Å². The second kappa shape index (κ2) is 4.47. The average molecular weight is 182 g/mol. The first-order valence-electron chi connectivity index (χ1n) is 3.68. The molecule has 13 heavy (non-hydrogen) atoms. The van der Waals surface area contributed by atoms with Gasteiger partial charge in [-0.1, -0.05) is 0 Å². The zero-order chi connectivity index (χ0) is 9.68. The predicted molar refractivity (Wildman–Crippen MR) is 46.0 cm³/mol. The zero-order valence-electron chi connectivity index (χ0n) is 7.19. The molecule has 0 aliphatic rings. The highest BCUT2D eigenvalue weighted by Gasteiger charge is 2.02. The number of aldehydes is 1. The van der Waals surface area contributed by atoms with Crippen molar-refractivity contribution in [1.82, 2.24) is 0 Å². The number of phenolic OH excluding ortho intramolecular Hbond substituents is 1. The number of phenols is 1. The molecule has 0 amide bonds. The quantitative estimate of drug-likeness (QED) is 0.561. The SMILES string of the molecule is COCOc1cc(C=O)ccc1O. The maximum Gasteiger partial charge on any atom is 0.188 e. The standard InChI is InChI=1S/C9H10O4/c1-12-6-13-9-4-7(5-10)2-3-8(9)11/h2-5,11H,6H2,1H3. The van der Waals surface area contributed by atoms with Gasteiger partial charge < -0.3 is 14.6 Å². The van der Waals surface area contributed by atoms with Crippen LogP contribution in [0.15, 0.2) is 18.2 Å². The number of carbonyl (C=O) groups excluding carboxylic acids is 1. The molecule has 4 nitrogen and oxygen atoms in total. The summed E-state index contributed by atoms with van der Waals surface area (Å²) in [5, 5.41) is 9.26. The van der Waals surface area contributed by atoms with Gasteiger partial charge in [0.15, 0.2) is 18.3 Å². The van der Waals surface area contributed by atoms with Gasteiger partial charge in [0.05, 0.1) is 0 Å². The van der Waals surface area contributed by atoms with Crippen LogP contribution in [0.2, 0.25) is 0 Å². The van der Waals surface area contributed by atoms with E-state index in [9.17, 15) is 9.90 Å². The summed E-state index contributed by atoms with van der Waals surface area (Å²) in [6, 6.07) is 4.35. The highest BCUT2D eigenvalue weighted by Crippen LogP contribution is 2.25.